The first-order valence-electron chi connectivity index (χ1n) is 4.52. The van der Waals surface area contributed by atoms with Gasteiger partial charge < -0.3 is 35.0 Å². The van der Waals surface area contributed by atoms with Crippen LogP contribution in [-0.4, -0.2) is 77.4 Å². The molecule has 8 nitrogen and oxygen atoms in total. The van der Waals surface area contributed by atoms with E-state index < -0.39 is 18.9 Å². The van der Waals surface area contributed by atoms with Gasteiger partial charge in [0.15, 0.2) is 0 Å². The maximum Gasteiger partial charge on any atom is 0.505 e. The molecule has 0 heterocycles. The van der Waals surface area contributed by atoms with Gasteiger partial charge in [0.05, 0.1) is 33.0 Å². The Hall–Kier alpha value is -0.930. The summed E-state index contributed by atoms with van der Waals surface area (Å²) in [7, 11) is 0. The summed E-state index contributed by atoms with van der Waals surface area (Å²) in [6.45, 7) is -0.180. The minimum atomic E-state index is -1.46. The van der Waals surface area contributed by atoms with E-state index in [2.05, 4.69) is 9.47 Å². The van der Waals surface area contributed by atoms with Crippen LogP contribution >= 0.6 is 0 Å². The second kappa shape index (κ2) is 14.1. The van der Waals surface area contributed by atoms with E-state index in [1.54, 1.807) is 0 Å². The zero-order chi connectivity index (χ0) is 12.8. The summed E-state index contributed by atoms with van der Waals surface area (Å²) in [5, 5.41) is 40.6. The maximum atomic E-state index is 9.60. The highest BCUT2D eigenvalue weighted by atomic mass is 16.7. The smallest absolute Gasteiger partial charge is 0.450 e. The van der Waals surface area contributed by atoms with E-state index in [-0.39, 0.29) is 19.8 Å². The van der Waals surface area contributed by atoms with Crippen molar-refractivity contribution in [1.82, 2.24) is 0 Å². The van der Waals surface area contributed by atoms with Crippen LogP contribution in [-0.2, 0) is 9.47 Å². The average Bonchev–Trinajstić information content (AvgIpc) is 2.27. The molecule has 0 spiro atoms. The van der Waals surface area contributed by atoms with Crippen LogP contribution in [0.2, 0.25) is 0 Å². The molecule has 5 N–H and O–H groups in total. The molecule has 98 valence electrons. The van der Waals surface area contributed by atoms with Crippen molar-refractivity contribution in [2.75, 3.05) is 39.6 Å². The van der Waals surface area contributed by atoms with Crippen LogP contribution in [0.3, 0.4) is 0 Å². The first kappa shape index (κ1) is 17.5. The van der Waals surface area contributed by atoms with Crippen LogP contribution < -0.4 is 0 Å². The molecule has 0 fully saturated rings. The van der Waals surface area contributed by atoms with Crippen molar-refractivity contribution in [3.8, 4) is 0 Å². The van der Waals surface area contributed by atoms with Crippen molar-refractivity contribution in [2.45, 2.75) is 6.10 Å². The van der Waals surface area contributed by atoms with Crippen molar-refractivity contribution in [3.63, 3.8) is 0 Å². The van der Waals surface area contributed by atoms with E-state index in [1.807, 2.05) is 0 Å². The first-order valence-corrected chi connectivity index (χ1v) is 4.52. The highest BCUT2D eigenvalue weighted by molar-refractivity contribution is 5.56. The number of ether oxygens (including phenoxy) is 2. The van der Waals surface area contributed by atoms with Gasteiger partial charge in [-0.15, -0.1) is 0 Å². The third-order valence-electron chi connectivity index (χ3n) is 1.08. The van der Waals surface area contributed by atoms with Gasteiger partial charge in [0, 0.05) is 0 Å². The molecule has 16 heavy (non-hydrogen) atoms. The van der Waals surface area contributed by atoms with Crippen LogP contribution in [0.1, 0.15) is 0 Å². The van der Waals surface area contributed by atoms with Crippen molar-refractivity contribution in [3.05, 3.63) is 0 Å². The van der Waals surface area contributed by atoms with Crippen LogP contribution in [0.5, 0.6) is 0 Å². The Morgan fingerprint density at radius 3 is 1.94 bits per heavy atom. The zero-order valence-electron chi connectivity index (χ0n) is 8.78. The van der Waals surface area contributed by atoms with Gasteiger partial charge in [0.25, 0.3) is 0 Å². The van der Waals surface area contributed by atoms with Crippen LogP contribution in [0.25, 0.3) is 0 Å². The second-order valence-electron chi connectivity index (χ2n) is 2.47. The molecule has 0 radical (unpaired) electrons. The molecule has 0 aromatic rings. The predicted octanol–water partition coefficient (Wildman–Crippen LogP) is -1.98. The molecule has 0 amide bonds. The van der Waals surface area contributed by atoms with Crippen molar-refractivity contribution >= 4 is 6.16 Å². The molecule has 0 aliphatic rings. The molecular weight excluding hydrogens is 224 g/mol. The standard InChI is InChI=1S/C4H8O5.C4H10O3/c5-1-3(6)2-9-4(7)8;5-1-3-7-4-2-6/h3,5-6H,1-2H2,(H,7,8);5-6H,1-4H2. The van der Waals surface area contributed by atoms with E-state index in [0.29, 0.717) is 13.2 Å². The minimum Gasteiger partial charge on any atom is -0.450 e. The third kappa shape index (κ3) is 18.8. The second-order valence-corrected chi connectivity index (χ2v) is 2.47. The first-order chi connectivity index (χ1) is 7.58. The predicted molar refractivity (Wildman–Crippen MR) is 52.1 cm³/mol. The number of aliphatic hydroxyl groups excluding tert-OH is 4. The highest BCUT2D eigenvalue weighted by Crippen LogP contribution is 1.82. The maximum absolute atomic E-state index is 9.60. The normalized spacial score (nSPS) is 11.2. The minimum absolute atomic E-state index is 0.0278. The summed E-state index contributed by atoms with van der Waals surface area (Å²) in [6.07, 6.45) is -2.57. The fourth-order valence-corrected chi connectivity index (χ4v) is 0.451. The van der Waals surface area contributed by atoms with Crippen LogP contribution in [0, 0.1) is 0 Å². The van der Waals surface area contributed by atoms with E-state index in [0.717, 1.165) is 0 Å². The lowest BCUT2D eigenvalue weighted by Crippen LogP contribution is -2.21. The monoisotopic (exact) mass is 242 g/mol. The Labute approximate surface area is 92.7 Å². The third-order valence-corrected chi connectivity index (χ3v) is 1.08. The summed E-state index contributed by atoms with van der Waals surface area (Å²) in [5.74, 6) is 0. The summed E-state index contributed by atoms with van der Waals surface area (Å²) >= 11 is 0. The molecule has 0 aromatic heterocycles. The van der Waals surface area contributed by atoms with E-state index in [4.69, 9.17) is 25.5 Å². The number of hydrogen-bond acceptors (Lipinski definition) is 7. The fraction of sp³-hybridized carbons (Fsp3) is 0.875. The number of carboxylic acid groups (broad SMARTS) is 1. The van der Waals surface area contributed by atoms with Crippen molar-refractivity contribution < 1.29 is 39.8 Å². The Balaban J connectivity index is 0. The van der Waals surface area contributed by atoms with Gasteiger partial charge in [-0.05, 0) is 0 Å². The largest absolute Gasteiger partial charge is 0.505 e. The van der Waals surface area contributed by atoms with E-state index in [9.17, 15) is 4.79 Å². The van der Waals surface area contributed by atoms with Crippen LogP contribution in [0.4, 0.5) is 4.79 Å². The van der Waals surface area contributed by atoms with E-state index in [1.165, 1.54) is 0 Å². The average molecular weight is 242 g/mol. The summed E-state index contributed by atoms with van der Waals surface area (Å²) in [6, 6.07) is 0. The molecule has 0 saturated heterocycles. The SMILES string of the molecule is O=C(O)OCC(O)CO.OCCOCCO. The van der Waals surface area contributed by atoms with Gasteiger partial charge >= 0.3 is 6.16 Å². The molecule has 1 unspecified atom stereocenters. The quantitative estimate of drug-likeness (QED) is 0.256. The lowest BCUT2D eigenvalue weighted by atomic mass is 10.4. The van der Waals surface area contributed by atoms with Gasteiger partial charge in [-0.1, -0.05) is 0 Å². The number of hydrogen-bond donors (Lipinski definition) is 5. The van der Waals surface area contributed by atoms with Gasteiger partial charge in [0.1, 0.15) is 12.7 Å². The number of aliphatic hydroxyl groups is 4. The topological polar surface area (TPSA) is 137 Å². The molecule has 0 aliphatic heterocycles. The zero-order valence-corrected chi connectivity index (χ0v) is 8.78. The fourth-order valence-electron chi connectivity index (χ4n) is 0.451. The molecule has 0 rings (SSSR count). The lowest BCUT2D eigenvalue weighted by molar-refractivity contribution is 0.0145. The Bertz CT molecular complexity index is 147. The van der Waals surface area contributed by atoms with E-state index >= 15 is 0 Å². The molecular formula is C8H18O8. The van der Waals surface area contributed by atoms with Gasteiger partial charge in [-0.2, -0.15) is 0 Å². The van der Waals surface area contributed by atoms with Gasteiger partial charge in [-0.25, -0.2) is 4.79 Å². The molecule has 0 saturated carbocycles. The lowest BCUT2D eigenvalue weighted by Gasteiger charge is -2.03. The van der Waals surface area contributed by atoms with Crippen LogP contribution in [0.15, 0.2) is 0 Å². The number of carbonyl (C=O) groups is 1. The Kier molecular flexibility index (Phi) is 15.4. The summed E-state index contributed by atoms with van der Waals surface area (Å²) < 4.78 is 8.53. The highest BCUT2D eigenvalue weighted by Gasteiger charge is 2.03. The molecule has 8 heteroatoms. The number of rotatable bonds is 7. The van der Waals surface area contributed by atoms with Gasteiger partial charge in [-0.3, -0.25) is 0 Å². The van der Waals surface area contributed by atoms with Gasteiger partial charge in [0.2, 0.25) is 0 Å². The summed E-state index contributed by atoms with van der Waals surface area (Å²) in [4.78, 5) is 9.60. The molecule has 1 atom stereocenters. The Morgan fingerprint density at radius 2 is 1.62 bits per heavy atom. The van der Waals surface area contributed by atoms with Crippen molar-refractivity contribution in [1.29, 1.82) is 0 Å². The molecule has 0 aliphatic carbocycles. The molecule has 0 bridgehead atoms. The summed E-state index contributed by atoms with van der Waals surface area (Å²) in [5.41, 5.74) is 0. The Morgan fingerprint density at radius 1 is 1.12 bits per heavy atom. The van der Waals surface area contributed by atoms with Crippen molar-refractivity contribution in [2.24, 2.45) is 0 Å². The molecule has 0 aromatic carbocycles.